The van der Waals surface area contributed by atoms with E-state index >= 15 is 0 Å². The first-order valence-electron chi connectivity index (χ1n) is 9.60. The second kappa shape index (κ2) is 10.0. The Morgan fingerprint density at radius 2 is 1.82 bits per heavy atom. The van der Waals surface area contributed by atoms with Crippen LogP contribution in [0.4, 0.5) is 11.4 Å². The molecule has 6 nitrogen and oxygen atoms in total. The number of likely N-dealkylation sites (tertiary alicyclic amines) is 1. The lowest BCUT2D eigenvalue weighted by Crippen LogP contribution is -2.29. The van der Waals surface area contributed by atoms with Crippen LogP contribution in [0, 0.1) is 5.92 Å². The third-order valence-electron chi connectivity index (χ3n) is 4.88. The fourth-order valence-electron chi connectivity index (χ4n) is 3.38. The van der Waals surface area contributed by atoms with Crippen LogP contribution >= 0.6 is 0 Å². The number of carbonyl (C=O) groups excluding carboxylic acids is 2. The predicted molar refractivity (Wildman–Crippen MR) is 110 cm³/mol. The molecule has 3 rings (SSSR count). The summed E-state index contributed by atoms with van der Waals surface area (Å²) in [7, 11) is 1.69. The number of anilines is 2. The average Bonchev–Trinajstić information content (AvgIpc) is 3.16. The lowest BCUT2D eigenvalue weighted by atomic mass is 10.1. The fraction of sp³-hybridized carbons (Fsp3) is 0.364. The smallest absolute Gasteiger partial charge is 0.228 e. The molecule has 0 bridgehead atoms. The normalized spacial score (nSPS) is 16.7. The van der Waals surface area contributed by atoms with Gasteiger partial charge in [0.2, 0.25) is 11.8 Å². The molecule has 2 aromatic rings. The van der Waals surface area contributed by atoms with Crippen molar-refractivity contribution in [2.45, 2.75) is 12.8 Å². The Morgan fingerprint density at radius 1 is 1.07 bits per heavy atom. The van der Waals surface area contributed by atoms with E-state index in [1.165, 1.54) is 0 Å². The molecule has 1 saturated heterocycles. The molecular formula is C22H27N3O3. The molecule has 148 valence electrons. The Kier molecular flexibility index (Phi) is 7.17. The number of benzene rings is 2. The van der Waals surface area contributed by atoms with Crippen molar-refractivity contribution in [1.82, 2.24) is 4.90 Å². The molecule has 2 amide bonds. The lowest BCUT2D eigenvalue weighted by molar-refractivity contribution is -0.119. The number of carbonyl (C=O) groups is 2. The molecule has 28 heavy (non-hydrogen) atoms. The van der Waals surface area contributed by atoms with Crippen LogP contribution in [-0.4, -0.2) is 50.1 Å². The van der Waals surface area contributed by atoms with Gasteiger partial charge in [0.05, 0.1) is 18.9 Å². The monoisotopic (exact) mass is 381 g/mol. The van der Waals surface area contributed by atoms with Crippen LogP contribution in [0.1, 0.15) is 12.0 Å². The molecule has 0 aliphatic carbocycles. The maximum Gasteiger partial charge on any atom is 0.228 e. The fourth-order valence-corrected chi connectivity index (χ4v) is 3.38. The number of ether oxygens (including phenoxy) is 1. The largest absolute Gasteiger partial charge is 0.383 e. The molecule has 6 heteroatoms. The number of rotatable bonds is 8. The second-order valence-corrected chi connectivity index (χ2v) is 7.06. The number of hydrogen-bond acceptors (Lipinski definition) is 4. The van der Waals surface area contributed by atoms with Crippen LogP contribution in [0.3, 0.4) is 0 Å². The highest BCUT2D eigenvalue weighted by Crippen LogP contribution is 2.20. The minimum Gasteiger partial charge on any atom is -0.383 e. The molecule has 1 aliphatic heterocycles. The maximum atomic E-state index is 12.6. The van der Waals surface area contributed by atoms with Gasteiger partial charge in [0, 0.05) is 31.6 Å². The number of hydrogen-bond donors (Lipinski definition) is 2. The van der Waals surface area contributed by atoms with Crippen molar-refractivity contribution in [3.63, 3.8) is 0 Å². The van der Waals surface area contributed by atoms with Crippen molar-refractivity contribution < 1.29 is 14.3 Å². The van der Waals surface area contributed by atoms with Crippen molar-refractivity contribution in [3.8, 4) is 0 Å². The predicted octanol–water partition coefficient (Wildman–Crippen LogP) is 2.77. The Bertz CT molecular complexity index is 795. The minimum atomic E-state index is -0.0840. The molecule has 0 radical (unpaired) electrons. The Morgan fingerprint density at radius 3 is 2.57 bits per heavy atom. The van der Waals surface area contributed by atoms with Crippen molar-refractivity contribution in [2.24, 2.45) is 5.92 Å². The van der Waals surface area contributed by atoms with E-state index in [2.05, 4.69) is 15.5 Å². The van der Waals surface area contributed by atoms with Gasteiger partial charge in [-0.05, 0) is 36.7 Å². The summed E-state index contributed by atoms with van der Waals surface area (Å²) < 4.78 is 5.10. The van der Waals surface area contributed by atoms with Gasteiger partial charge in [-0.25, -0.2) is 0 Å². The van der Waals surface area contributed by atoms with E-state index in [0.29, 0.717) is 24.4 Å². The zero-order chi connectivity index (χ0) is 19.8. The Labute approximate surface area is 165 Å². The summed E-state index contributed by atoms with van der Waals surface area (Å²) in [4.78, 5) is 27.0. The number of nitrogens with one attached hydrogen (secondary N) is 2. The van der Waals surface area contributed by atoms with Crippen LogP contribution in [-0.2, 0) is 20.7 Å². The van der Waals surface area contributed by atoms with Gasteiger partial charge in [-0.2, -0.15) is 0 Å². The summed E-state index contributed by atoms with van der Waals surface area (Å²) >= 11 is 0. The van der Waals surface area contributed by atoms with Gasteiger partial charge in [0.1, 0.15) is 0 Å². The van der Waals surface area contributed by atoms with Crippen LogP contribution < -0.4 is 10.6 Å². The maximum absolute atomic E-state index is 12.6. The first-order chi connectivity index (χ1) is 13.6. The third kappa shape index (κ3) is 5.90. The molecule has 0 aromatic heterocycles. The number of nitrogens with zero attached hydrogens (tertiary/aromatic N) is 1. The van der Waals surface area contributed by atoms with Crippen molar-refractivity contribution in [1.29, 1.82) is 0 Å². The molecule has 1 fully saturated rings. The van der Waals surface area contributed by atoms with Crippen LogP contribution in [0.5, 0.6) is 0 Å². The summed E-state index contributed by atoms with van der Waals surface area (Å²) in [6.07, 6.45) is 1.17. The standard InChI is InChI=1S/C22H27N3O3/c1-28-13-12-25-11-10-18(16-25)22(27)24-20-9-5-8-19(15-20)23-21(26)14-17-6-3-2-4-7-17/h2-9,15,18H,10-14,16H2,1H3,(H,23,26)(H,24,27)/t18-/m1/s1. The quantitative estimate of drug-likeness (QED) is 0.738. The minimum absolute atomic E-state index is 0.0202. The number of methoxy groups -OCH3 is 1. The van der Waals surface area contributed by atoms with E-state index < -0.39 is 0 Å². The summed E-state index contributed by atoms with van der Waals surface area (Å²) in [5, 5.41) is 5.87. The molecule has 2 N–H and O–H groups in total. The van der Waals surface area contributed by atoms with Gasteiger partial charge in [0.25, 0.3) is 0 Å². The van der Waals surface area contributed by atoms with Gasteiger partial charge >= 0.3 is 0 Å². The van der Waals surface area contributed by atoms with Gasteiger partial charge in [-0.1, -0.05) is 36.4 Å². The second-order valence-electron chi connectivity index (χ2n) is 7.06. The van der Waals surface area contributed by atoms with Crippen molar-refractivity contribution in [3.05, 3.63) is 60.2 Å². The molecular weight excluding hydrogens is 354 g/mol. The van der Waals surface area contributed by atoms with Crippen LogP contribution in [0.2, 0.25) is 0 Å². The van der Waals surface area contributed by atoms with Gasteiger partial charge in [-0.3, -0.25) is 9.59 Å². The van der Waals surface area contributed by atoms with E-state index in [1.54, 1.807) is 13.2 Å². The highest BCUT2D eigenvalue weighted by atomic mass is 16.5. The lowest BCUT2D eigenvalue weighted by Gasteiger charge is -2.15. The average molecular weight is 381 g/mol. The van der Waals surface area contributed by atoms with Crippen LogP contribution in [0.25, 0.3) is 0 Å². The van der Waals surface area contributed by atoms with Crippen LogP contribution in [0.15, 0.2) is 54.6 Å². The summed E-state index contributed by atoms with van der Waals surface area (Å²) in [5.74, 6) is -0.0832. The zero-order valence-electron chi connectivity index (χ0n) is 16.2. The van der Waals surface area contributed by atoms with E-state index in [9.17, 15) is 9.59 Å². The van der Waals surface area contributed by atoms with Gasteiger partial charge in [0.15, 0.2) is 0 Å². The summed E-state index contributed by atoms with van der Waals surface area (Å²) in [5.41, 5.74) is 2.33. The number of amides is 2. The molecule has 1 atom stereocenters. The van der Waals surface area contributed by atoms with E-state index in [4.69, 9.17) is 4.74 Å². The highest BCUT2D eigenvalue weighted by Gasteiger charge is 2.28. The molecule has 1 aliphatic rings. The Balaban J connectivity index is 1.52. The molecule has 1 heterocycles. The van der Waals surface area contributed by atoms with E-state index in [0.717, 1.165) is 31.6 Å². The molecule has 0 saturated carbocycles. The van der Waals surface area contributed by atoms with Gasteiger partial charge in [-0.15, -0.1) is 0 Å². The molecule has 2 aromatic carbocycles. The van der Waals surface area contributed by atoms with E-state index in [-0.39, 0.29) is 17.7 Å². The summed E-state index contributed by atoms with van der Waals surface area (Å²) in [6.45, 7) is 3.20. The SMILES string of the molecule is COCCN1CC[C@@H](C(=O)Nc2cccc(NC(=O)Cc3ccccc3)c2)C1. The molecule has 0 unspecified atom stereocenters. The highest BCUT2D eigenvalue weighted by molar-refractivity contribution is 5.95. The summed E-state index contributed by atoms with van der Waals surface area (Å²) in [6, 6.07) is 16.9. The third-order valence-corrected chi connectivity index (χ3v) is 4.88. The van der Waals surface area contributed by atoms with Crippen molar-refractivity contribution in [2.75, 3.05) is 44.0 Å². The Hall–Kier alpha value is -2.70. The topological polar surface area (TPSA) is 70.7 Å². The van der Waals surface area contributed by atoms with Gasteiger partial charge < -0.3 is 20.3 Å². The van der Waals surface area contributed by atoms with Crippen molar-refractivity contribution >= 4 is 23.2 Å². The first kappa shape index (κ1) is 20.0. The van der Waals surface area contributed by atoms with E-state index in [1.807, 2.05) is 48.5 Å². The molecule has 0 spiro atoms. The first-order valence-corrected chi connectivity index (χ1v) is 9.60. The zero-order valence-corrected chi connectivity index (χ0v) is 16.2.